The molecule has 3 N–H and O–H groups in total. The second-order valence-corrected chi connectivity index (χ2v) is 16.0. The SMILES string of the molecule is CC1(C)CC(=O)C2=C(C1)N(c1ccc(C(=O)Nc3ccc(S(N)(=O)=O)cc3)cc1)C1=C(C(=O)CC(C)(C)C1)C2c1ccc(Cl)cc1. The highest BCUT2D eigenvalue weighted by Crippen LogP contribution is 2.55. The lowest BCUT2D eigenvalue weighted by Crippen LogP contribution is -2.44. The van der Waals surface area contributed by atoms with Crippen LogP contribution in [0.25, 0.3) is 0 Å². The molecule has 3 aromatic carbocycles. The molecular formula is C36H36ClN3O5S. The van der Waals surface area contributed by atoms with Gasteiger partial charge in [-0.05, 0) is 89.9 Å². The van der Waals surface area contributed by atoms with Crippen molar-refractivity contribution in [2.45, 2.75) is 64.2 Å². The Kier molecular flexibility index (Phi) is 7.86. The Morgan fingerprint density at radius 2 is 1.28 bits per heavy atom. The molecule has 1 amide bonds. The van der Waals surface area contributed by atoms with Gasteiger partial charge >= 0.3 is 0 Å². The predicted molar refractivity (Wildman–Crippen MR) is 179 cm³/mol. The molecule has 3 aliphatic rings. The van der Waals surface area contributed by atoms with E-state index in [2.05, 4.69) is 37.9 Å². The van der Waals surface area contributed by atoms with Crippen LogP contribution >= 0.6 is 11.6 Å². The van der Waals surface area contributed by atoms with Crippen molar-refractivity contribution in [1.82, 2.24) is 0 Å². The highest BCUT2D eigenvalue weighted by molar-refractivity contribution is 7.89. The van der Waals surface area contributed by atoms with E-state index in [1.165, 1.54) is 24.3 Å². The number of rotatable bonds is 5. The van der Waals surface area contributed by atoms with Gasteiger partial charge in [0.25, 0.3) is 5.91 Å². The maximum absolute atomic E-state index is 14.0. The van der Waals surface area contributed by atoms with E-state index in [1.54, 1.807) is 24.3 Å². The van der Waals surface area contributed by atoms with Crippen LogP contribution in [-0.4, -0.2) is 25.9 Å². The minimum atomic E-state index is -3.85. The van der Waals surface area contributed by atoms with Crippen LogP contribution in [0.4, 0.5) is 11.4 Å². The highest BCUT2D eigenvalue weighted by atomic mass is 35.5. The van der Waals surface area contributed by atoms with Crippen LogP contribution in [0.15, 0.2) is 100 Å². The fourth-order valence-electron chi connectivity index (χ4n) is 6.96. The average Bonchev–Trinajstić information content (AvgIpc) is 2.95. The van der Waals surface area contributed by atoms with Crippen LogP contribution in [0, 0.1) is 10.8 Å². The second-order valence-electron chi connectivity index (χ2n) is 14.0. The molecule has 1 aliphatic heterocycles. The van der Waals surface area contributed by atoms with E-state index in [-0.39, 0.29) is 33.2 Å². The standard InChI is InChI=1S/C36H36ClN3O5S/c1-35(2)17-27-32(29(41)19-35)31(21-5-9-23(37)10-6-21)33-28(18-36(3,4)20-30(33)42)40(27)25-13-7-22(8-14-25)34(43)39-24-11-15-26(16-12-24)46(38,44)45/h5-16,31H,17-20H2,1-4H3,(H,39,43)(H2,38,44,45). The Morgan fingerprint density at radius 3 is 1.76 bits per heavy atom. The van der Waals surface area contributed by atoms with E-state index >= 15 is 0 Å². The van der Waals surface area contributed by atoms with E-state index in [4.69, 9.17) is 16.7 Å². The van der Waals surface area contributed by atoms with Gasteiger partial charge in [-0.3, -0.25) is 14.4 Å². The summed E-state index contributed by atoms with van der Waals surface area (Å²) in [5.74, 6) is -0.787. The van der Waals surface area contributed by atoms with Gasteiger partial charge in [-0.25, -0.2) is 13.6 Å². The number of hydrogen-bond donors (Lipinski definition) is 2. The number of hydrogen-bond acceptors (Lipinski definition) is 6. The highest BCUT2D eigenvalue weighted by Gasteiger charge is 2.49. The van der Waals surface area contributed by atoms with E-state index in [0.717, 1.165) is 22.6 Å². The lowest BCUT2D eigenvalue weighted by Gasteiger charge is -2.49. The molecule has 0 saturated heterocycles. The van der Waals surface area contributed by atoms with Gasteiger partial charge in [-0.2, -0.15) is 0 Å². The normalized spacial score (nSPS) is 19.6. The molecule has 46 heavy (non-hydrogen) atoms. The fourth-order valence-corrected chi connectivity index (χ4v) is 7.60. The van der Waals surface area contributed by atoms with Crippen LogP contribution < -0.4 is 15.4 Å². The minimum absolute atomic E-state index is 0.0323. The molecule has 0 aromatic heterocycles. The molecule has 0 radical (unpaired) electrons. The average molecular weight is 658 g/mol. The number of ketones is 2. The first-order valence-corrected chi connectivity index (χ1v) is 17.1. The Balaban J connectivity index is 1.43. The molecule has 0 unspecified atom stereocenters. The third-order valence-electron chi connectivity index (χ3n) is 8.94. The molecule has 2 aliphatic carbocycles. The van der Waals surface area contributed by atoms with Crippen molar-refractivity contribution >= 4 is 50.5 Å². The molecule has 0 spiro atoms. The van der Waals surface area contributed by atoms with Crippen LogP contribution in [-0.2, 0) is 19.6 Å². The maximum Gasteiger partial charge on any atom is 0.255 e. The van der Waals surface area contributed by atoms with Crippen molar-refractivity contribution in [1.29, 1.82) is 0 Å². The Bertz CT molecular complexity index is 1890. The maximum atomic E-state index is 14.0. The van der Waals surface area contributed by atoms with E-state index < -0.39 is 15.9 Å². The molecule has 0 fully saturated rings. The van der Waals surface area contributed by atoms with Crippen LogP contribution in [0.3, 0.4) is 0 Å². The number of sulfonamides is 1. The van der Waals surface area contributed by atoms with E-state index in [0.29, 0.717) is 53.1 Å². The van der Waals surface area contributed by atoms with Crippen molar-refractivity contribution in [3.05, 3.63) is 111 Å². The first-order chi connectivity index (χ1) is 21.5. The smallest absolute Gasteiger partial charge is 0.255 e. The van der Waals surface area contributed by atoms with Crippen LogP contribution in [0.2, 0.25) is 5.02 Å². The summed E-state index contributed by atoms with van der Waals surface area (Å²) >= 11 is 6.24. The first kappa shape index (κ1) is 31.9. The zero-order valence-corrected chi connectivity index (χ0v) is 27.8. The van der Waals surface area contributed by atoms with Gasteiger partial charge in [0, 0.05) is 63.3 Å². The first-order valence-electron chi connectivity index (χ1n) is 15.2. The van der Waals surface area contributed by atoms with Gasteiger partial charge in [0.05, 0.1) is 4.90 Å². The van der Waals surface area contributed by atoms with Crippen molar-refractivity contribution in [3.8, 4) is 0 Å². The van der Waals surface area contributed by atoms with Crippen LogP contribution in [0.5, 0.6) is 0 Å². The number of allylic oxidation sites excluding steroid dienone is 4. The molecule has 3 aromatic rings. The molecule has 0 bridgehead atoms. The minimum Gasteiger partial charge on any atom is -0.322 e. The summed E-state index contributed by atoms with van der Waals surface area (Å²) in [5.41, 5.74) is 4.94. The largest absolute Gasteiger partial charge is 0.322 e. The number of primary sulfonamides is 1. The Hall–Kier alpha value is -4.05. The monoisotopic (exact) mass is 657 g/mol. The van der Waals surface area contributed by atoms with Gasteiger partial charge in [-0.15, -0.1) is 0 Å². The predicted octanol–water partition coefficient (Wildman–Crippen LogP) is 7.13. The quantitative estimate of drug-likeness (QED) is 0.301. The molecule has 8 nitrogen and oxygen atoms in total. The summed E-state index contributed by atoms with van der Waals surface area (Å²) in [6.07, 6.45) is 2.04. The van der Waals surface area contributed by atoms with Crippen LogP contribution in [0.1, 0.15) is 75.2 Å². The summed E-state index contributed by atoms with van der Waals surface area (Å²) in [5, 5.41) is 8.54. The van der Waals surface area contributed by atoms with Crippen molar-refractivity contribution in [2.24, 2.45) is 16.0 Å². The summed E-state index contributed by atoms with van der Waals surface area (Å²) in [7, 11) is -3.85. The molecule has 0 saturated carbocycles. The number of Topliss-reactive ketones (excluding diaryl/α,β-unsaturated/α-hetero) is 2. The van der Waals surface area contributed by atoms with E-state index in [9.17, 15) is 22.8 Å². The Morgan fingerprint density at radius 1 is 0.783 bits per heavy atom. The fraction of sp³-hybridized carbons (Fsp3) is 0.306. The summed E-state index contributed by atoms with van der Waals surface area (Å²) < 4.78 is 23.1. The number of carbonyl (C=O) groups is 3. The zero-order chi connectivity index (χ0) is 33.2. The van der Waals surface area contributed by atoms with Gasteiger partial charge in [0.2, 0.25) is 10.0 Å². The zero-order valence-electron chi connectivity index (χ0n) is 26.2. The molecular weight excluding hydrogens is 622 g/mol. The number of amides is 1. The van der Waals surface area contributed by atoms with Gasteiger partial charge in [-0.1, -0.05) is 51.4 Å². The topological polar surface area (TPSA) is 127 Å². The van der Waals surface area contributed by atoms with Crippen molar-refractivity contribution < 1.29 is 22.8 Å². The van der Waals surface area contributed by atoms with Gasteiger partial charge in [0.15, 0.2) is 11.6 Å². The number of halogens is 1. The molecule has 238 valence electrons. The van der Waals surface area contributed by atoms with Crippen molar-refractivity contribution in [3.63, 3.8) is 0 Å². The lowest BCUT2D eigenvalue weighted by atomic mass is 9.63. The third-order valence-corrected chi connectivity index (χ3v) is 10.1. The number of nitrogens with two attached hydrogens (primary N) is 1. The number of benzene rings is 3. The summed E-state index contributed by atoms with van der Waals surface area (Å²) in [4.78, 5) is 43.3. The Labute approximate surface area is 274 Å². The third kappa shape index (κ3) is 6.07. The lowest BCUT2D eigenvalue weighted by molar-refractivity contribution is -0.119. The van der Waals surface area contributed by atoms with E-state index in [1.807, 2.05) is 24.3 Å². The van der Waals surface area contributed by atoms with Gasteiger partial charge < -0.3 is 10.2 Å². The molecule has 10 heteroatoms. The summed E-state index contributed by atoms with van der Waals surface area (Å²) in [6, 6.07) is 20.1. The number of nitrogens with one attached hydrogen (secondary N) is 1. The molecule has 6 rings (SSSR count). The van der Waals surface area contributed by atoms with Crippen molar-refractivity contribution in [2.75, 3.05) is 10.2 Å². The number of carbonyl (C=O) groups excluding carboxylic acids is 3. The second kappa shape index (κ2) is 11.3. The number of anilines is 2. The summed E-state index contributed by atoms with van der Waals surface area (Å²) in [6.45, 7) is 8.36. The van der Waals surface area contributed by atoms with Gasteiger partial charge in [0.1, 0.15) is 0 Å². The number of nitrogens with zero attached hydrogens (tertiary/aromatic N) is 1. The molecule has 1 heterocycles. The molecule has 0 atom stereocenters.